The average Bonchev–Trinajstić information content (AvgIpc) is 2.80. The fraction of sp³-hybridized carbons (Fsp3) is 0.533. The van der Waals surface area contributed by atoms with Gasteiger partial charge in [0.2, 0.25) is 0 Å². The highest BCUT2D eigenvalue weighted by Gasteiger charge is 2.23. The number of rotatable bonds is 5. The number of fused-ring (bicyclic) bond motifs is 1. The van der Waals surface area contributed by atoms with Crippen molar-refractivity contribution in [1.82, 2.24) is 14.5 Å². The number of alkyl halides is 1. The third-order valence-electron chi connectivity index (χ3n) is 3.56. The Morgan fingerprint density at radius 3 is 2.52 bits per heavy atom. The lowest BCUT2D eigenvalue weighted by Crippen LogP contribution is -2.19. The van der Waals surface area contributed by atoms with Crippen LogP contribution in [0.25, 0.3) is 11.0 Å². The van der Waals surface area contributed by atoms with Crippen LogP contribution in [-0.2, 0) is 0 Å². The van der Waals surface area contributed by atoms with E-state index in [0.717, 1.165) is 19.0 Å². The Morgan fingerprint density at radius 2 is 1.95 bits per heavy atom. The van der Waals surface area contributed by atoms with E-state index in [9.17, 15) is 8.78 Å². The SMILES string of the molecule is CC(Cl)c1nc2ccc(F)c(F)c2n1C(C)CCN(C)C. The summed E-state index contributed by atoms with van der Waals surface area (Å²) in [4.78, 5) is 6.42. The first-order valence-electron chi connectivity index (χ1n) is 6.97. The highest BCUT2D eigenvalue weighted by atomic mass is 35.5. The van der Waals surface area contributed by atoms with Crippen molar-refractivity contribution >= 4 is 22.6 Å². The molecule has 2 unspecified atom stereocenters. The van der Waals surface area contributed by atoms with Crippen LogP contribution in [-0.4, -0.2) is 35.1 Å². The fourth-order valence-electron chi connectivity index (χ4n) is 2.44. The molecule has 0 aliphatic rings. The monoisotopic (exact) mass is 315 g/mol. The van der Waals surface area contributed by atoms with Gasteiger partial charge in [-0.2, -0.15) is 0 Å². The maximum Gasteiger partial charge on any atom is 0.184 e. The lowest BCUT2D eigenvalue weighted by molar-refractivity contribution is 0.356. The van der Waals surface area contributed by atoms with Gasteiger partial charge in [-0.3, -0.25) is 0 Å². The molecule has 1 heterocycles. The van der Waals surface area contributed by atoms with Gasteiger partial charge in [0.1, 0.15) is 11.3 Å². The molecule has 2 aromatic rings. The second-order valence-corrected chi connectivity index (χ2v) is 6.28. The van der Waals surface area contributed by atoms with Gasteiger partial charge < -0.3 is 9.47 Å². The lowest BCUT2D eigenvalue weighted by atomic mass is 10.2. The van der Waals surface area contributed by atoms with Crippen LogP contribution in [0.3, 0.4) is 0 Å². The molecule has 0 saturated carbocycles. The van der Waals surface area contributed by atoms with E-state index in [1.54, 1.807) is 11.5 Å². The summed E-state index contributed by atoms with van der Waals surface area (Å²) < 4.78 is 29.5. The average molecular weight is 316 g/mol. The van der Waals surface area contributed by atoms with Crippen molar-refractivity contribution < 1.29 is 8.78 Å². The molecule has 0 N–H and O–H groups in total. The van der Waals surface area contributed by atoms with Gasteiger partial charge in [-0.1, -0.05) is 0 Å². The van der Waals surface area contributed by atoms with E-state index in [1.165, 1.54) is 6.07 Å². The molecule has 0 amide bonds. The van der Waals surface area contributed by atoms with E-state index in [0.29, 0.717) is 11.3 Å². The Balaban J connectivity index is 2.57. The lowest BCUT2D eigenvalue weighted by Gasteiger charge is -2.20. The van der Waals surface area contributed by atoms with Crippen molar-refractivity contribution in [1.29, 1.82) is 0 Å². The van der Waals surface area contributed by atoms with Crippen LogP contribution in [0.1, 0.15) is 37.5 Å². The van der Waals surface area contributed by atoms with Gasteiger partial charge in [-0.15, -0.1) is 11.6 Å². The van der Waals surface area contributed by atoms with E-state index >= 15 is 0 Å². The van der Waals surface area contributed by atoms with E-state index < -0.39 is 11.6 Å². The summed E-state index contributed by atoms with van der Waals surface area (Å²) in [6, 6.07) is 2.57. The number of imidazole rings is 1. The molecule has 0 radical (unpaired) electrons. The van der Waals surface area contributed by atoms with Gasteiger partial charge >= 0.3 is 0 Å². The molecule has 1 aromatic carbocycles. The quantitative estimate of drug-likeness (QED) is 0.774. The first-order chi connectivity index (χ1) is 9.82. The Hall–Kier alpha value is -1.20. The third-order valence-corrected chi connectivity index (χ3v) is 3.76. The molecular formula is C15H20ClF2N3. The second kappa shape index (κ2) is 6.28. The zero-order valence-corrected chi connectivity index (χ0v) is 13.5. The Bertz CT molecular complexity index is 637. The maximum atomic E-state index is 14.2. The number of halogens is 3. The first-order valence-corrected chi connectivity index (χ1v) is 7.41. The van der Waals surface area contributed by atoms with Gasteiger partial charge in [0.15, 0.2) is 11.6 Å². The number of hydrogen-bond acceptors (Lipinski definition) is 2. The van der Waals surface area contributed by atoms with Gasteiger partial charge in [0.05, 0.1) is 10.9 Å². The molecule has 2 atom stereocenters. The van der Waals surface area contributed by atoms with Crippen LogP contribution < -0.4 is 0 Å². The largest absolute Gasteiger partial charge is 0.321 e. The van der Waals surface area contributed by atoms with E-state index in [1.807, 2.05) is 21.0 Å². The predicted molar refractivity (Wildman–Crippen MR) is 81.8 cm³/mol. The van der Waals surface area contributed by atoms with Crippen molar-refractivity contribution in [3.63, 3.8) is 0 Å². The highest BCUT2D eigenvalue weighted by molar-refractivity contribution is 6.20. The van der Waals surface area contributed by atoms with Gasteiger partial charge in [0, 0.05) is 6.04 Å². The van der Waals surface area contributed by atoms with E-state index in [4.69, 9.17) is 11.6 Å². The smallest absolute Gasteiger partial charge is 0.184 e. The molecule has 3 nitrogen and oxygen atoms in total. The third kappa shape index (κ3) is 3.19. The molecule has 0 bridgehead atoms. The molecule has 0 spiro atoms. The summed E-state index contributed by atoms with van der Waals surface area (Å²) in [5.41, 5.74) is 0.636. The Morgan fingerprint density at radius 1 is 1.29 bits per heavy atom. The number of aromatic nitrogens is 2. The maximum absolute atomic E-state index is 14.2. The van der Waals surface area contributed by atoms with Crippen molar-refractivity contribution in [2.75, 3.05) is 20.6 Å². The van der Waals surface area contributed by atoms with E-state index in [-0.39, 0.29) is 16.9 Å². The predicted octanol–water partition coefficient (Wildman–Crippen LogP) is 4.13. The Labute approximate surface area is 128 Å². The fourth-order valence-corrected chi connectivity index (χ4v) is 2.60. The summed E-state index contributed by atoms with van der Waals surface area (Å²) in [6.07, 6.45) is 0.797. The van der Waals surface area contributed by atoms with Gasteiger partial charge in [-0.25, -0.2) is 13.8 Å². The first kappa shape index (κ1) is 16.2. The minimum atomic E-state index is -0.864. The number of benzene rings is 1. The van der Waals surface area contributed by atoms with Gasteiger partial charge in [0.25, 0.3) is 0 Å². The molecule has 0 fully saturated rings. The van der Waals surface area contributed by atoms with Crippen molar-refractivity contribution in [2.45, 2.75) is 31.7 Å². The summed E-state index contributed by atoms with van der Waals surface area (Å²) in [6.45, 7) is 4.60. The Kier molecular flexibility index (Phi) is 4.84. The number of nitrogens with zero attached hydrogens (tertiary/aromatic N) is 3. The van der Waals surface area contributed by atoms with Gasteiger partial charge in [-0.05, 0) is 53.0 Å². The number of hydrogen-bond donors (Lipinski definition) is 0. The van der Waals surface area contributed by atoms with E-state index in [2.05, 4.69) is 9.88 Å². The second-order valence-electron chi connectivity index (χ2n) is 5.63. The molecular weight excluding hydrogens is 296 g/mol. The van der Waals surface area contributed by atoms with Crippen molar-refractivity contribution in [3.05, 3.63) is 29.6 Å². The van der Waals surface area contributed by atoms with Crippen LogP contribution in [0.5, 0.6) is 0 Å². The van der Waals surface area contributed by atoms with Crippen molar-refractivity contribution in [3.8, 4) is 0 Å². The molecule has 0 aliphatic heterocycles. The summed E-state index contributed by atoms with van der Waals surface area (Å²) in [7, 11) is 3.95. The summed E-state index contributed by atoms with van der Waals surface area (Å²) in [5.74, 6) is -1.15. The normalized spacial score (nSPS) is 14.9. The molecule has 1 aromatic heterocycles. The molecule has 6 heteroatoms. The topological polar surface area (TPSA) is 21.1 Å². The summed E-state index contributed by atoms with van der Waals surface area (Å²) >= 11 is 6.17. The minimum absolute atomic E-state index is 0.0232. The molecule has 116 valence electrons. The molecule has 2 rings (SSSR count). The zero-order chi connectivity index (χ0) is 15.7. The zero-order valence-electron chi connectivity index (χ0n) is 12.7. The summed E-state index contributed by atoms with van der Waals surface area (Å²) in [5, 5.41) is -0.373. The van der Waals surface area contributed by atoms with Crippen LogP contribution in [0.2, 0.25) is 0 Å². The van der Waals surface area contributed by atoms with Crippen LogP contribution in [0, 0.1) is 11.6 Å². The van der Waals surface area contributed by atoms with Crippen LogP contribution >= 0.6 is 11.6 Å². The minimum Gasteiger partial charge on any atom is -0.321 e. The van der Waals surface area contributed by atoms with Crippen molar-refractivity contribution in [2.24, 2.45) is 0 Å². The van der Waals surface area contributed by atoms with Crippen LogP contribution in [0.4, 0.5) is 8.78 Å². The highest BCUT2D eigenvalue weighted by Crippen LogP contribution is 2.31. The standard InChI is InChI=1S/C15H20ClF2N3/c1-9(7-8-20(3)4)21-14-12(19-15(21)10(2)16)6-5-11(17)13(14)18/h5-6,9-10H,7-8H2,1-4H3. The molecule has 21 heavy (non-hydrogen) atoms. The molecule has 0 saturated heterocycles. The molecule has 0 aliphatic carbocycles. The van der Waals surface area contributed by atoms with Crippen LogP contribution in [0.15, 0.2) is 12.1 Å².